The van der Waals surface area contributed by atoms with Gasteiger partial charge in [0.1, 0.15) is 17.5 Å². The molecule has 0 amide bonds. The highest BCUT2D eigenvalue weighted by molar-refractivity contribution is 5.53. The van der Waals surface area contributed by atoms with Gasteiger partial charge in [-0.3, -0.25) is 10.1 Å². The summed E-state index contributed by atoms with van der Waals surface area (Å²) < 4.78 is 0. The number of nitrogens with zero attached hydrogens (tertiary/aromatic N) is 3. The molecule has 0 radical (unpaired) electrons. The van der Waals surface area contributed by atoms with Gasteiger partial charge >= 0.3 is 0 Å². The lowest BCUT2D eigenvalue weighted by Crippen LogP contribution is -2.37. The number of phenolic OH excluding ortho intramolecular Hbond substituents is 1. The van der Waals surface area contributed by atoms with Gasteiger partial charge in [0, 0.05) is 12.7 Å². The van der Waals surface area contributed by atoms with Gasteiger partial charge in [0.15, 0.2) is 5.54 Å². The SMILES string of the molecule is O=[N+]([O-])c1ccccc1C1(N=Nc2ccccc2O)C=C(CCCCO)C=CC1O. The van der Waals surface area contributed by atoms with E-state index in [-0.39, 0.29) is 29.3 Å². The Morgan fingerprint density at radius 3 is 2.57 bits per heavy atom. The molecular weight excluding hydrogens is 386 g/mol. The zero-order valence-corrected chi connectivity index (χ0v) is 16.3. The Bertz CT molecular complexity index is 1000. The monoisotopic (exact) mass is 409 g/mol. The van der Waals surface area contributed by atoms with E-state index >= 15 is 0 Å². The molecule has 30 heavy (non-hydrogen) atoms. The summed E-state index contributed by atoms with van der Waals surface area (Å²) in [7, 11) is 0. The van der Waals surface area contributed by atoms with Crippen LogP contribution in [0.3, 0.4) is 0 Å². The molecule has 0 aromatic heterocycles. The minimum absolute atomic E-state index is 0.0713. The normalized spacial score (nSPS) is 21.0. The Hall–Kier alpha value is -3.36. The van der Waals surface area contributed by atoms with Crippen LogP contribution in [0.2, 0.25) is 0 Å². The first kappa shape index (κ1) is 21.4. The van der Waals surface area contributed by atoms with Crippen molar-refractivity contribution in [1.82, 2.24) is 0 Å². The van der Waals surface area contributed by atoms with Crippen LogP contribution in [0.4, 0.5) is 11.4 Å². The van der Waals surface area contributed by atoms with Crippen molar-refractivity contribution in [2.45, 2.75) is 30.9 Å². The maximum absolute atomic E-state index is 11.7. The molecule has 2 aromatic rings. The third-order valence-corrected chi connectivity index (χ3v) is 4.96. The highest BCUT2D eigenvalue weighted by atomic mass is 16.6. The van der Waals surface area contributed by atoms with Crippen LogP contribution in [-0.4, -0.2) is 33.0 Å². The van der Waals surface area contributed by atoms with Crippen molar-refractivity contribution in [3.8, 4) is 5.75 Å². The summed E-state index contributed by atoms with van der Waals surface area (Å²) in [5, 5.41) is 50.1. The van der Waals surface area contributed by atoms with Crippen LogP contribution < -0.4 is 0 Å². The maximum Gasteiger partial charge on any atom is 0.275 e. The maximum atomic E-state index is 11.7. The zero-order valence-electron chi connectivity index (χ0n) is 16.3. The first-order chi connectivity index (χ1) is 14.5. The lowest BCUT2D eigenvalue weighted by Gasteiger charge is -2.32. The quantitative estimate of drug-likeness (QED) is 0.259. The number of para-hydroxylation sites is 2. The number of hydrogen-bond acceptors (Lipinski definition) is 7. The standard InChI is InChI=1S/C22H23N3O5/c26-14-6-5-7-16-12-13-21(28)22(15-16,17-8-1-3-10-19(17)25(29)30)24-23-18-9-2-4-11-20(18)27/h1-4,8-13,15,21,26-28H,5-7,14H2. The number of azo groups is 1. The van der Waals surface area contributed by atoms with Crippen LogP contribution >= 0.6 is 0 Å². The molecule has 3 N–H and O–H groups in total. The highest BCUT2D eigenvalue weighted by Crippen LogP contribution is 2.43. The molecule has 0 fully saturated rings. The molecule has 3 rings (SSSR count). The second kappa shape index (κ2) is 9.43. The number of phenols is 1. The molecule has 2 atom stereocenters. The molecule has 0 heterocycles. The Labute approximate surface area is 173 Å². The number of rotatable bonds is 8. The number of aromatic hydroxyl groups is 1. The summed E-state index contributed by atoms with van der Waals surface area (Å²) >= 11 is 0. The molecule has 8 nitrogen and oxygen atoms in total. The van der Waals surface area contributed by atoms with Gasteiger partial charge in [0.05, 0.1) is 10.5 Å². The minimum atomic E-state index is -1.53. The molecule has 0 bridgehead atoms. The molecule has 156 valence electrons. The van der Waals surface area contributed by atoms with Crippen LogP contribution in [0.15, 0.2) is 82.6 Å². The number of allylic oxidation sites excluding steroid dienone is 2. The highest BCUT2D eigenvalue weighted by Gasteiger charge is 2.43. The molecule has 0 spiro atoms. The summed E-state index contributed by atoms with van der Waals surface area (Å²) in [5.41, 5.74) is -0.509. The van der Waals surface area contributed by atoms with E-state index in [1.54, 1.807) is 48.6 Å². The van der Waals surface area contributed by atoms with Crippen molar-refractivity contribution in [2.24, 2.45) is 10.2 Å². The van der Waals surface area contributed by atoms with Gasteiger partial charge in [-0.2, -0.15) is 10.2 Å². The Balaban J connectivity index is 2.15. The number of aliphatic hydroxyl groups excluding tert-OH is 2. The van der Waals surface area contributed by atoms with E-state index < -0.39 is 16.6 Å². The van der Waals surface area contributed by atoms with E-state index in [0.717, 1.165) is 5.57 Å². The van der Waals surface area contributed by atoms with Gasteiger partial charge in [0.25, 0.3) is 5.69 Å². The first-order valence-corrected chi connectivity index (χ1v) is 9.61. The molecule has 0 saturated carbocycles. The fraction of sp³-hybridized carbons (Fsp3) is 0.273. The molecule has 1 aliphatic carbocycles. The van der Waals surface area contributed by atoms with Crippen LogP contribution in [-0.2, 0) is 5.54 Å². The molecule has 2 aromatic carbocycles. The predicted octanol–water partition coefficient (Wildman–Crippen LogP) is 4.30. The van der Waals surface area contributed by atoms with Gasteiger partial charge in [-0.05, 0) is 49.1 Å². The lowest BCUT2D eigenvalue weighted by molar-refractivity contribution is -0.386. The Morgan fingerprint density at radius 1 is 1.10 bits per heavy atom. The van der Waals surface area contributed by atoms with Crippen LogP contribution in [0.1, 0.15) is 24.8 Å². The summed E-state index contributed by atoms with van der Waals surface area (Å²) in [6.45, 7) is 0.0713. The van der Waals surface area contributed by atoms with E-state index in [0.29, 0.717) is 19.3 Å². The van der Waals surface area contributed by atoms with Gasteiger partial charge in [-0.1, -0.05) is 36.4 Å². The summed E-state index contributed by atoms with van der Waals surface area (Å²) in [4.78, 5) is 11.2. The molecular formula is C22H23N3O5. The predicted molar refractivity (Wildman–Crippen MR) is 112 cm³/mol. The van der Waals surface area contributed by atoms with Crippen molar-refractivity contribution in [1.29, 1.82) is 0 Å². The van der Waals surface area contributed by atoms with Crippen molar-refractivity contribution < 1.29 is 20.2 Å². The van der Waals surface area contributed by atoms with Crippen molar-refractivity contribution in [2.75, 3.05) is 6.61 Å². The largest absolute Gasteiger partial charge is 0.506 e. The second-order valence-electron chi connectivity index (χ2n) is 6.99. The summed E-state index contributed by atoms with van der Waals surface area (Å²) in [6.07, 6.45) is 5.71. The van der Waals surface area contributed by atoms with Crippen LogP contribution in [0.25, 0.3) is 0 Å². The lowest BCUT2D eigenvalue weighted by atomic mass is 9.78. The number of benzene rings is 2. The minimum Gasteiger partial charge on any atom is -0.506 e. The number of hydrogen-bond donors (Lipinski definition) is 3. The Kier molecular flexibility index (Phi) is 6.71. The first-order valence-electron chi connectivity index (χ1n) is 9.61. The summed E-state index contributed by atoms with van der Waals surface area (Å²) in [6, 6.07) is 12.4. The van der Waals surface area contributed by atoms with Crippen molar-refractivity contribution in [3.05, 3.63) is 88.0 Å². The van der Waals surface area contributed by atoms with Gasteiger partial charge < -0.3 is 15.3 Å². The molecule has 0 aliphatic heterocycles. The van der Waals surface area contributed by atoms with E-state index in [1.807, 2.05) is 0 Å². The van der Waals surface area contributed by atoms with Crippen LogP contribution in [0.5, 0.6) is 5.75 Å². The zero-order chi connectivity index (χ0) is 21.6. The van der Waals surface area contributed by atoms with Crippen molar-refractivity contribution in [3.63, 3.8) is 0 Å². The molecule has 8 heteroatoms. The van der Waals surface area contributed by atoms with E-state index in [2.05, 4.69) is 10.2 Å². The van der Waals surface area contributed by atoms with Gasteiger partial charge in [0.2, 0.25) is 0 Å². The molecule has 2 unspecified atom stereocenters. The number of aliphatic hydroxyl groups is 2. The number of nitro benzene ring substituents is 1. The second-order valence-corrected chi connectivity index (χ2v) is 6.99. The fourth-order valence-electron chi connectivity index (χ4n) is 3.41. The van der Waals surface area contributed by atoms with Crippen LogP contribution in [0, 0.1) is 10.1 Å². The Morgan fingerprint density at radius 2 is 1.83 bits per heavy atom. The average molecular weight is 409 g/mol. The third-order valence-electron chi connectivity index (χ3n) is 4.96. The fourth-order valence-corrected chi connectivity index (χ4v) is 3.41. The van der Waals surface area contributed by atoms with Gasteiger partial charge in [-0.15, -0.1) is 0 Å². The molecule has 0 saturated heterocycles. The summed E-state index contributed by atoms with van der Waals surface area (Å²) in [5.74, 6) is -0.0908. The smallest absolute Gasteiger partial charge is 0.275 e. The van der Waals surface area contributed by atoms with E-state index in [9.17, 15) is 20.3 Å². The number of unbranched alkanes of at least 4 members (excludes halogenated alkanes) is 1. The average Bonchev–Trinajstić information content (AvgIpc) is 2.75. The molecule has 1 aliphatic rings. The van der Waals surface area contributed by atoms with Crippen molar-refractivity contribution >= 4 is 11.4 Å². The van der Waals surface area contributed by atoms with E-state index in [1.165, 1.54) is 18.2 Å². The third kappa shape index (κ3) is 4.45. The van der Waals surface area contributed by atoms with Gasteiger partial charge in [-0.25, -0.2) is 0 Å². The number of nitro groups is 1. The topological polar surface area (TPSA) is 129 Å². The van der Waals surface area contributed by atoms with E-state index in [4.69, 9.17) is 5.11 Å².